The Morgan fingerprint density at radius 2 is 1.67 bits per heavy atom. The normalized spacial score (nSPS) is 29.6. The summed E-state index contributed by atoms with van der Waals surface area (Å²) in [5.74, 6) is -2.79. The number of hydrogen-bond acceptors (Lipinski definition) is 4. The maximum atomic E-state index is 13.0. The van der Waals surface area contributed by atoms with Gasteiger partial charge < -0.3 is 15.7 Å². The fraction of sp³-hybridized carbons (Fsp3) is 0.550. The van der Waals surface area contributed by atoms with Crippen LogP contribution in [0.4, 0.5) is 5.00 Å². The van der Waals surface area contributed by atoms with Crippen LogP contribution in [0.25, 0.3) is 0 Å². The summed E-state index contributed by atoms with van der Waals surface area (Å²) in [5.41, 5.74) is 0.462. The van der Waals surface area contributed by atoms with Crippen molar-refractivity contribution in [1.82, 2.24) is 5.32 Å². The Kier molecular flexibility index (Phi) is 5.04. The van der Waals surface area contributed by atoms with Gasteiger partial charge in [-0.05, 0) is 49.0 Å². The van der Waals surface area contributed by atoms with Gasteiger partial charge >= 0.3 is 5.97 Å². The number of carbonyl (C=O) groups excluding carboxylic acids is 2. The second kappa shape index (κ2) is 7.46. The number of carboxylic acids is 1. The van der Waals surface area contributed by atoms with E-state index in [4.69, 9.17) is 0 Å². The Balaban J connectivity index is 1.48. The molecule has 6 nitrogen and oxygen atoms in total. The van der Waals surface area contributed by atoms with Gasteiger partial charge in [0, 0.05) is 6.04 Å². The summed E-state index contributed by atoms with van der Waals surface area (Å²) >= 11 is 1.30. The summed E-state index contributed by atoms with van der Waals surface area (Å²) in [4.78, 5) is 37.3. The standard InChI is InChI=1S/C20H24N2O4S/c23-17(21-13-3-1-2-4-13)14-9-10-27-19(14)22-18(24)15-11-5-7-12(8-6-11)16(15)20(25)26/h5,7,9-13,15-16H,1-4,6,8H2,(H,21,23)(H,22,24)(H,25,26)/t11-,12-,15-,16+/m0/s1. The van der Waals surface area contributed by atoms with E-state index < -0.39 is 17.8 Å². The van der Waals surface area contributed by atoms with Crippen molar-refractivity contribution in [2.75, 3.05) is 5.32 Å². The fourth-order valence-electron chi connectivity index (χ4n) is 4.80. The van der Waals surface area contributed by atoms with E-state index in [1.165, 1.54) is 11.3 Å². The van der Waals surface area contributed by atoms with Crippen molar-refractivity contribution >= 4 is 34.1 Å². The largest absolute Gasteiger partial charge is 0.481 e. The third-order valence-corrected chi connectivity index (χ3v) is 7.00. The molecule has 0 aliphatic heterocycles. The predicted octanol–water partition coefficient (Wildman–Crippen LogP) is 3.27. The van der Waals surface area contributed by atoms with Crippen molar-refractivity contribution in [3.63, 3.8) is 0 Å². The molecule has 7 heteroatoms. The van der Waals surface area contributed by atoms with Crippen LogP contribution in [-0.4, -0.2) is 28.9 Å². The number of carbonyl (C=O) groups is 3. The van der Waals surface area contributed by atoms with E-state index in [2.05, 4.69) is 10.6 Å². The van der Waals surface area contributed by atoms with E-state index in [1.54, 1.807) is 11.4 Å². The van der Waals surface area contributed by atoms with Gasteiger partial charge in [0.2, 0.25) is 5.91 Å². The number of hydrogen-bond donors (Lipinski definition) is 3. The van der Waals surface area contributed by atoms with Crippen molar-refractivity contribution in [2.24, 2.45) is 23.7 Å². The summed E-state index contributed by atoms with van der Waals surface area (Å²) in [6.07, 6.45) is 9.84. The molecule has 27 heavy (non-hydrogen) atoms. The molecule has 4 aliphatic carbocycles. The number of allylic oxidation sites excluding steroid dienone is 2. The van der Waals surface area contributed by atoms with E-state index >= 15 is 0 Å². The second-order valence-electron chi connectivity index (χ2n) is 7.79. The molecule has 1 aromatic heterocycles. The minimum absolute atomic E-state index is 0.0492. The highest BCUT2D eigenvalue weighted by Crippen LogP contribution is 2.45. The first-order valence-electron chi connectivity index (χ1n) is 9.65. The number of aliphatic carboxylic acids is 1. The van der Waals surface area contributed by atoms with Crippen LogP contribution < -0.4 is 10.6 Å². The fourth-order valence-corrected chi connectivity index (χ4v) is 5.59. The summed E-state index contributed by atoms with van der Waals surface area (Å²) in [5, 5.41) is 17.8. The van der Waals surface area contributed by atoms with Crippen molar-refractivity contribution in [3.8, 4) is 0 Å². The number of carboxylic acid groups (broad SMARTS) is 1. The monoisotopic (exact) mass is 388 g/mol. The lowest BCUT2D eigenvalue weighted by atomic mass is 9.62. The van der Waals surface area contributed by atoms with Crippen molar-refractivity contribution < 1.29 is 19.5 Å². The van der Waals surface area contributed by atoms with Gasteiger partial charge in [-0.1, -0.05) is 25.0 Å². The quantitative estimate of drug-likeness (QED) is 0.675. The first kappa shape index (κ1) is 18.2. The average molecular weight is 388 g/mol. The van der Waals surface area contributed by atoms with Gasteiger partial charge in [-0.15, -0.1) is 11.3 Å². The molecule has 3 N–H and O–H groups in total. The van der Waals surface area contributed by atoms with E-state index in [-0.39, 0.29) is 29.7 Å². The van der Waals surface area contributed by atoms with E-state index in [0.717, 1.165) is 38.5 Å². The van der Waals surface area contributed by atoms with Crippen LogP contribution in [0.5, 0.6) is 0 Å². The number of rotatable bonds is 5. The third-order valence-electron chi connectivity index (χ3n) is 6.17. The molecule has 2 fully saturated rings. The zero-order valence-electron chi connectivity index (χ0n) is 15.0. The van der Waals surface area contributed by atoms with Crippen LogP contribution in [0.1, 0.15) is 48.9 Å². The molecule has 0 spiro atoms. The van der Waals surface area contributed by atoms with Gasteiger partial charge in [0.1, 0.15) is 5.00 Å². The second-order valence-corrected chi connectivity index (χ2v) is 8.70. The first-order chi connectivity index (χ1) is 13.0. The highest BCUT2D eigenvalue weighted by Gasteiger charge is 2.48. The first-order valence-corrected chi connectivity index (χ1v) is 10.5. The highest BCUT2D eigenvalue weighted by atomic mass is 32.1. The molecule has 1 aromatic rings. The van der Waals surface area contributed by atoms with Crippen molar-refractivity contribution in [3.05, 3.63) is 29.2 Å². The Labute approximate surface area is 162 Å². The SMILES string of the molecule is O=C(NC1CCCC1)c1ccsc1NC(=O)[C@@H]1[C@H](C(=O)O)[C@H]2C=C[C@H]1CC2. The minimum Gasteiger partial charge on any atom is -0.481 e. The zero-order chi connectivity index (χ0) is 19.0. The molecule has 0 radical (unpaired) electrons. The molecule has 5 rings (SSSR count). The maximum Gasteiger partial charge on any atom is 0.307 e. The van der Waals surface area contributed by atoms with Crippen molar-refractivity contribution in [1.29, 1.82) is 0 Å². The molecular weight excluding hydrogens is 364 g/mol. The number of fused-ring (bicyclic) bond motifs is 2. The molecule has 4 atom stereocenters. The summed E-state index contributed by atoms with van der Waals surface area (Å²) in [6, 6.07) is 1.92. The summed E-state index contributed by atoms with van der Waals surface area (Å²) in [6.45, 7) is 0. The topological polar surface area (TPSA) is 95.5 Å². The number of nitrogens with one attached hydrogen (secondary N) is 2. The highest BCUT2D eigenvalue weighted by molar-refractivity contribution is 7.14. The van der Waals surface area contributed by atoms with Gasteiger partial charge in [0.05, 0.1) is 17.4 Å². The molecule has 0 aromatic carbocycles. The van der Waals surface area contributed by atoms with E-state index in [0.29, 0.717) is 10.6 Å². The molecule has 2 amide bonds. The van der Waals surface area contributed by atoms with Gasteiger partial charge in [0.15, 0.2) is 0 Å². The number of thiophene rings is 1. The molecule has 144 valence electrons. The van der Waals surface area contributed by atoms with Crippen LogP contribution in [0.2, 0.25) is 0 Å². The predicted molar refractivity (Wildman–Crippen MR) is 103 cm³/mol. The molecule has 4 aliphatic rings. The lowest BCUT2D eigenvalue weighted by Gasteiger charge is -2.41. The summed E-state index contributed by atoms with van der Waals surface area (Å²) in [7, 11) is 0. The van der Waals surface area contributed by atoms with Crippen LogP contribution in [-0.2, 0) is 9.59 Å². The smallest absolute Gasteiger partial charge is 0.307 e. The summed E-state index contributed by atoms with van der Waals surface area (Å²) < 4.78 is 0. The van der Waals surface area contributed by atoms with Crippen LogP contribution >= 0.6 is 11.3 Å². The third kappa shape index (κ3) is 3.52. The van der Waals surface area contributed by atoms with Crippen molar-refractivity contribution in [2.45, 2.75) is 44.6 Å². The Morgan fingerprint density at radius 3 is 2.30 bits per heavy atom. The molecule has 0 unspecified atom stereocenters. The molecular formula is C20H24N2O4S. The zero-order valence-corrected chi connectivity index (χ0v) is 15.8. The average Bonchev–Trinajstić information content (AvgIpc) is 3.33. The maximum absolute atomic E-state index is 13.0. The molecule has 2 saturated carbocycles. The number of anilines is 1. The van der Waals surface area contributed by atoms with E-state index in [1.807, 2.05) is 12.2 Å². The number of amides is 2. The van der Waals surface area contributed by atoms with Crippen LogP contribution in [0, 0.1) is 23.7 Å². The lowest BCUT2D eigenvalue weighted by Crippen LogP contribution is -2.47. The molecule has 1 heterocycles. The van der Waals surface area contributed by atoms with Gasteiger partial charge in [-0.25, -0.2) is 0 Å². The Bertz CT molecular complexity index is 781. The van der Waals surface area contributed by atoms with Gasteiger partial charge in [-0.3, -0.25) is 14.4 Å². The Morgan fingerprint density at radius 1 is 1.00 bits per heavy atom. The molecule has 0 saturated heterocycles. The van der Waals surface area contributed by atoms with Crippen LogP contribution in [0.15, 0.2) is 23.6 Å². The van der Waals surface area contributed by atoms with Gasteiger partial charge in [-0.2, -0.15) is 0 Å². The lowest BCUT2D eigenvalue weighted by molar-refractivity contribution is -0.151. The molecule has 2 bridgehead atoms. The Hall–Kier alpha value is -2.15. The minimum atomic E-state index is -0.917. The van der Waals surface area contributed by atoms with Gasteiger partial charge in [0.25, 0.3) is 5.91 Å². The van der Waals surface area contributed by atoms with Crippen LogP contribution in [0.3, 0.4) is 0 Å². The van der Waals surface area contributed by atoms with E-state index in [9.17, 15) is 19.5 Å².